The predicted molar refractivity (Wildman–Crippen MR) is 99.3 cm³/mol. The van der Waals surface area contributed by atoms with Crippen LogP contribution < -0.4 is 0 Å². The smallest absolute Gasteiger partial charge is 0.266 e. The standard InChI is InChI=1S/C18H14FNO3S2/c1-11(21)8-9-20-17(22)16(25-18(20)24)10-14-6-7-15(23-14)12-2-4-13(19)5-3-12/h2-7,10H,8-9H2,1H3/b16-10-. The molecule has 1 aromatic heterocycles. The lowest BCUT2D eigenvalue weighted by molar-refractivity contribution is -0.122. The van der Waals surface area contributed by atoms with Crippen molar-refractivity contribution in [1.82, 2.24) is 4.90 Å². The zero-order valence-electron chi connectivity index (χ0n) is 13.3. The van der Waals surface area contributed by atoms with Crippen LogP contribution in [0.2, 0.25) is 0 Å². The number of ketones is 1. The topological polar surface area (TPSA) is 50.5 Å². The Morgan fingerprint density at radius 1 is 1.28 bits per heavy atom. The van der Waals surface area contributed by atoms with Crippen LogP contribution >= 0.6 is 24.0 Å². The van der Waals surface area contributed by atoms with E-state index in [0.717, 1.165) is 5.56 Å². The second kappa shape index (κ2) is 7.33. The van der Waals surface area contributed by atoms with Crippen LogP contribution in [-0.2, 0) is 9.59 Å². The summed E-state index contributed by atoms with van der Waals surface area (Å²) >= 11 is 6.39. The highest BCUT2D eigenvalue weighted by molar-refractivity contribution is 8.26. The molecule has 2 heterocycles. The van der Waals surface area contributed by atoms with Crippen LogP contribution in [0.4, 0.5) is 4.39 Å². The summed E-state index contributed by atoms with van der Waals surface area (Å²) < 4.78 is 19.1. The summed E-state index contributed by atoms with van der Waals surface area (Å²) in [6.45, 7) is 1.77. The fourth-order valence-electron chi connectivity index (χ4n) is 2.29. The highest BCUT2D eigenvalue weighted by Gasteiger charge is 2.32. The zero-order chi connectivity index (χ0) is 18.0. The maximum Gasteiger partial charge on any atom is 0.266 e. The van der Waals surface area contributed by atoms with Crippen molar-refractivity contribution in [1.29, 1.82) is 0 Å². The Morgan fingerprint density at radius 2 is 2.00 bits per heavy atom. The predicted octanol–water partition coefficient (Wildman–Crippen LogP) is 4.27. The number of benzene rings is 1. The summed E-state index contributed by atoms with van der Waals surface area (Å²) in [6, 6.07) is 9.46. The van der Waals surface area contributed by atoms with Crippen LogP contribution in [-0.4, -0.2) is 27.5 Å². The molecule has 1 aromatic carbocycles. The Hall–Kier alpha value is -2.25. The van der Waals surface area contributed by atoms with Crippen molar-refractivity contribution >= 4 is 46.1 Å². The number of thiocarbonyl (C=S) groups is 1. The van der Waals surface area contributed by atoms with Gasteiger partial charge in [0.1, 0.15) is 27.4 Å². The highest BCUT2D eigenvalue weighted by Crippen LogP contribution is 2.33. The molecule has 25 heavy (non-hydrogen) atoms. The molecule has 0 N–H and O–H groups in total. The maximum absolute atomic E-state index is 13.0. The SMILES string of the molecule is CC(=O)CCN1C(=O)/C(=C/c2ccc(-c3ccc(F)cc3)o2)SC1=S. The first-order valence-corrected chi connectivity index (χ1v) is 8.77. The Labute approximate surface area is 153 Å². The molecule has 0 unspecified atom stereocenters. The lowest BCUT2D eigenvalue weighted by atomic mass is 10.2. The van der Waals surface area contributed by atoms with E-state index in [4.69, 9.17) is 16.6 Å². The average Bonchev–Trinajstić information content (AvgIpc) is 3.12. The molecule has 1 aliphatic heterocycles. The third kappa shape index (κ3) is 4.05. The minimum atomic E-state index is -0.315. The number of rotatable bonds is 5. The van der Waals surface area contributed by atoms with Gasteiger partial charge in [-0.05, 0) is 43.3 Å². The highest BCUT2D eigenvalue weighted by atomic mass is 32.2. The Morgan fingerprint density at radius 3 is 2.68 bits per heavy atom. The van der Waals surface area contributed by atoms with Gasteiger partial charge in [-0.25, -0.2) is 4.39 Å². The van der Waals surface area contributed by atoms with Gasteiger partial charge in [-0.15, -0.1) is 0 Å². The molecule has 0 bridgehead atoms. The number of carbonyl (C=O) groups is 2. The number of carbonyl (C=O) groups excluding carboxylic acids is 2. The fourth-order valence-corrected chi connectivity index (χ4v) is 3.58. The van der Waals surface area contributed by atoms with Crippen molar-refractivity contribution in [3.8, 4) is 11.3 Å². The minimum absolute atomic E-state index is 0.00741. The Kier molecular flexibility index (Phi) is 5.15. The molecule has 128 valence electrons. The maximum atomic E-state index is 13.0. The van der Waals surface area contributed by atoms with Crippen molar-refractivity contribution < 1.29 is 18.4 Å². The van der Waals surface area contributed by atoms with Gasteiger partial charge in [0.2, 0.25) is 0 Å². The minimum Gasteiger partial charge on any atom is -0.457 e. The first kappa shape index (κ1) is 17.6. The van der Waals surface area contributed by atoms with Crippen molar-refractivity contribution in [3.63, 3.8) is 0 Å². The van der Waals surface area contributed by atoms with Crippen LogP contribution in [0.5, 0.6) is 0 Å². The second-order valence-electron chi connectivity index (χ2n) is 5.49. The van der Waals surface area contributed by atoms with Crippen molar-refractivity contribution in [3.05, 3.63) is 52.9 Å². The zero-order valence-corrected chi connectivity index (χ0v) is 15.0. The number of hydrogen-bond donors (Lipinski definition) is 0. The van der Waals surface area contributed by atoms with Gasteiger partial charge in [0.15, 0.2) is 0 Å². The molecule has 0 saturated carbocycles. The van der Waals surface area contributed by atoms with Crippen LogP contribution in [0.1, 0.15) is 19.1 Å². The van der Waals surface area contributed by atoms with E-state index in [9.17, 15) is 14.0 Å². The molecule has 1 fully saturated rings. The fraction of sp³-hybridized carbons (Fsp3) is 0.167. The number of halogens is 1. The molecule has 0 aliphatic carbocycles. The van der Waals surface area contributed by atoms with Gasteiger partial charge >= 0.3 is 0 Å². The number of Topliss-reactive ketones (excluding diaryl/α,β-unsaturated/α-hetero) is 1. The van der Waals surface area contributed by atoms with E-state index in [1.807, 2.05) is 0 Å². The Balaban J connectivity index is 1.77. The van der Waals surface area contributed by atoms with Gasteiger partial charge < -0.3 is 4.42 Å². The summed E-state index contributed by atoms with van der Waals surface area (Å²) in [7, 11) is 0. The van der Waals surface area contributed by atoms with Crippen molar-refractivity contribution in [2.24, 2.45) is 0 Å². The van der Waals surface area contributed by atoms with Crippen molar-refractivity contribution in [2.45, 2.75) is 13.3 Å². The Bertz CT molecular complexity index is 871. The van der Waals surface area contributed by atoms with E-state index >= 15 is 0 Å². The van der Waals surface area contributed by atoms with Crippen LogP contribution in [0.3, 0.4) is 0 Å². The van der Waals surface area contributed by atoms with E-state index < -0.39 is 0 Å². The van der Waals surface area contributed by atoms with E-state index in [0.29, 0.717) is 20.7 Å². The molecule has 0 radical (unpaired) electrons. The van der Waals surface area contributed by atoms with Gasteiger partial charge in [0, 0.05) is 24.6 Å². The number of nitrogens with zero attached hydrogens (tertiary/aromatic N) is 1. The summed E-state index contributed by atoms with van der Waals surface area (Å²) in [5.74, 6) is 0.554. The third-order valence-electron chi connectivity index (χ3n) is 3.59. The molecule has 2 aromatic rings. The van der Waals surface area contributed by atoms with E-state index in [2.05, 4.69) is 0 Å². The van der Waals surface area contributed by atoms with Crippen LogP contribution in [0.15, 0.2) is 45.7 Å². The summed E-state index contributed by atoms with van der Waals surface area (Å²) in [5, 5.41) is 0. The average molecular weight is 375 g/mol. The quantitative estimate of drug-likeness (QED) is 0.577. The number of hydrogen-bond acceptors (Lipinski definition) is 5. The van der Waals surface area contributed by atoms with Gasteiger partial charge in [-0.2, -0.15) is 0 Å². The van der Waals surface area contributed by atoms with Crippen LogP contribution in [0.25, 0.3) is 17.4 Å². The first-order chi connectivity index (χ1) is 11.9. The molecule has 1 saturated heterocycles. The molecule has 7 heteroatoms. The molecule has 0 spiro atoms. The monoisotopic (exact) mass is 375 g/mol. The van der Waals surface area contributed by atoms with Crippen LogP contribution in [0, 0.1) is 5.82 Å². The normalized spacial score (nSPS) is 16.1. The van der Waals surface area contributed by atoms with Gasteiger partial charge in [-0.3, -0.25) is 14.5 Å². The molecular formula is C18H14FNO3S2. The van der Waals surface area contributed by atoms with E-state index in [1.54, 1.807) is 30.3 Å². The number of thioether (sulfide) groups is 1. The first-order valence-electron chi connectivity index (χ1n) is 7.54. The van der Waals surface area contributed by atoms with Gasteiger partial charge in [0.25, 0.3) is 5.91 Å². The molecule has 1 aliphatic rings. The molecule has 0 atom stereocenters. The second-order valence-corrected chi connectivity index (χ2v) is 7.17. The van der Waals surface area contributed by atoms with Crippen molar-refractivity contribution in [2.75, 3.05) is 6.54 Å². The number of amides is 1. The molecule has 4 nitrogen and oxygen atoms in total. The summed E-state index contributed by atoms with van der Waals surface area (Å²) in [6.07, 6.45) is 1.90. The third-order valence-corrected chi connectivity index (χ3v) is 4.97. The molecule has 1 amide bonds. The summed E-state index contributed by atoms with van der Waals surface area (Å²) in [4.78, 5) is 25.4. The lowest BCUT2D eigenvalue weighted by Crippen LogP contribution is -2.30. The molecular weight excluding hydrogens is 361 g/mol. The summed E-state index contributed by atoms with van der Waals surface area (Å²) in [5.41, 5.74) is 0.745. The van der Waals surface area contributed by atoms with Gasteiger partial charge in [-0.1, -0.05) is 24.0 Å². The van der Waals surface area contributed by atoms with Gasteiger partial charge in [0.05, 0.1) is 4.91 Å². The largest absolute Gasteiger partial charge is 0.457 e. The van der Waals surface area contributed by atoms with E-state index in [1.165, 1.54) is 35.7 Å². The molecule has 3 rings (SSSR count). The van der Waals surface area contributed by atoms with E-state index in [-0.39, 0.29) is 30.5 Å². The number of furan rings is 1. The lowest BCUT2D eigenvalue weighted by Gasteiger charge is -2.12.